The number of benzene rings is 1. The first-order chi connectivity index (χ1) is 13.9. The number of ether oxygens (including phenoxy) is 1. The van der Waals surface area contributed by atoms with E-state index in [1.165, 1.54) is 9.13 Å². The van der Waals surface area contributed by atoms with E-state index in [0.717, 1.165) is 11.3 Å². The van der Waals surface area contributed by atoms with Crippen molar-refractivity contribution >= 4 is 22.8 Å². The minimum Gasteiger partial charge on any atom is -0.389 e. The first-order valence-electron chi connectivity index (χ1n) is 9.72. The highest BCUT2D eigenvalue weighted by Gasteiger charge is 2.30. The third kappa shape index (κ3) is 3.26. The average molecular weight is 399 g/mol. The molecule has 1 unspecified atom stereocenters. The number of aromatic nitrogens is 4. The van der Waals surface area contributed by atoms with Crippen LogP contribution in [0.2, 0.25) is 0 Å². The summed E-state index contributed by atoms with van der Waals surface area (Å²) in [6, 6.07) is 7.88. The molecule has 1 aliphatic rings. The lowest BCUT2D eigenvalue weighted by Crippen LogP contribution is -2.42. The van der Waals surface area contributed by atoms with Crippen LogP contribution >= 0.6 is 0 Å². The Morgan fingerprint density at radius 3 is 2.62 bits per heavy atom. The Hall–Kier alpha value is -2.91. The molecule has 0 aliphatic carbocycles. The summed E-state index contributed by atoms with van der Waals surface area (Å²) >= 11 is 0. The molecule has 0 fully saturated rings. The zero-order valence-corrected chi connectivity index (χ0v) is 16.8. The average Bonchev–Trinajstić information content (AvgIpc) is 3.08. The molecule has 0 saturated carbocycles. The third-order valence-electron chi connectivity index (χ3n) is 5.25. The van der Waals surface area contributed by atoms with Crippen molar-refractivity contribution in [3.05, 3.63) is 50.7 Å². The SMILES string of the molecule is CCOCCn1c(=O)c2c(nc3n2CC(O)CN3c2ccc(C)cc2)n(C)c1=O. The molecule has 0 amide bonds. The van der Waals surface area contributed by atoms with E-state index in [0.29, 0.717) is 30.3 Å². The van der Waals surface area contributed by atoms with Gasteiger partial charge in [-0.05, 0) is 26.0 Å². The molecule has 1 N–H and O–H groups in total. The fourth-order valence-corrected chi connectivity index (χ4v) is 3.74. The fraction of sp³-hybridized carbons (Fsp3) is 0.450. The largest absolute Gasteiger partial charge is 0.389 e. The number of imidazole rings is 1. The second-order valence-electron chi connectivity index (χ2n) is 7.29. The molecule has 1 aromatic carbocycles. The Balaban J connectivity index is 1.91. The van der Waals surface area contributed by atoms with Crippen LogP contribution in [0.25, 0.3) is 11.2 Å². The van der Waals surface area contributed by atoms with Crippen LogP contribution in [0.5, 0.6) is 0 Å². The highest BCUT2D eigenvalue weighted by Crippen LogP contribution is 2.31. The van der Waals surface area contributed by atoms with Crippen LogP contribution in [0.4, 0.5) is 11.6 Å². The van der Waals surface area contributed by atoms with Gasteiger partial charge >= 0.3 is 5.69 Å². The summed E-state index contributed by atoms with van der Waals surface area (Å²) in [5, 5.41) is 10.5. The van der Waals surface area contributed by atoms with Gasteiger partial charge in [-0.3, -0.25) is 13.9 Å². The number of β-amino-alcohol motifs (C(OH)–C–C–N with tert-alkyl or cyclic N) is 1. The van der Waals surface area contributed by atoms with Crippen LogP contribution in [0.15, 0.2) is 33.9 Å². The highest BCUT2D eigenvalue weighted by atomic mass is 16.5. The molecular weight excluding hydrogens is 374 g/mol. The predicted molar refractivity (Wildman–Crippen MR) is 110 cm³/mol. The maximum atomic E-state index is 13.2. The summed E-state index contributed by atoms with van der Waals surface area (Å²) < 4.78 is 9.58. The zero-order valence-electron chi connectivity index (χ0n) is 16.8. The second kappa shape index (κ2) is 7.49. The van der Waals surface area contributed by atoms with Gasteiger partial charge < -0.3 is 19.3 Å². The number of anilines is 2. The van der Waals surface area contributed by atoms with Crippen LogP contribution < -0.4 is 16.1 Å². The lowest BCUT2D eigenvalue weighted by Gasteiger charge is -2.32. The summed E-state index contributed by atoms with van der Waals surface area (Å²) in [6.45, 7) is 5.42. The molecular formula is C20H25N5O4. The monoisotopic (exact) mass is 399 g/mol. The summed E-state index contributed by atoms with van der Waals surface area (Å²) in [7, 11) is 1.60. The number of nitrogens with zero attached hydrogens (tertiary/aromatic N) is 5. The summed E-state index contributed by atoms with van der Waals surface area (Å²) in [6.07, 6.45) is -0.672. The Bertz CT molecular complexity index is 1160. The smallest absolute Gasteiger partial charge is 0.332 e. The highest BCUT2D eigenvalue weighted by molar-refractivity contribution is 5.77. The summed E-state index contributed by atoms with van der Waals surface area (Å²) in [5.41, 5.74) is 1.77. The quantitative estimate of drug-likeness (QED) is 0.637. The number of aryl methyl sites for hydroxylation is 2. The molecule has 3 heterocycles. The van der Waals surface area contributed by atoms with Crippen molar-refractivity contribution in [1.82, 2.24) is 18.7 Å². The first-order valence-corrected chi connectivity index (χ1v) is 9.72. The van der Waals surface area contributed by atoms with Crippen molar-refractivity contribution in [3.63, 3.8) is 0 Å². The van der Waals surface area contributed by atoms with Gasteiger partial charge in [0.1, 0.15) is 0 Å². The number of aliphatic hydroxyl groups is 1. The van der Waals surface area contributed by atoms with Crippen LogP contribution in [-0.4, -0.2) is 49.7 Å². The molecule has 2 aromatic heterocycles. The number of hydrogen-bond donors (Lipinski definition) is 1. The molecule has 1 atom stereocenters. The van der Waals surface area contributed by atoms with Crippen LogP contribution in [0.3, 0.4) is 0 Å². The minimum absolute atomic E-state index is 0.167. The molecule has 4 rings (SSSR count). The molecule has 29 heavy (non-hydrogen) atoms. The molecule has 9 nitrogen and oxygen atoms in total. The molecule has 0 bridgehead atoms. The van der Waals surface area contributed by atoms with E-state index < -0.39 is 17.4 Å². The predicted octanol–water partition coefficient (Wildman–Crippen LogP) is 0.754. The van der Waals surface area contributed by atoms with Gasteiger partial charge in [-0.2, -0.15) is 4.98 Å². The molecule has 154 valence electrons. The van der Waals surface area contributed by atoms with Crippen LogP contribution in [0, 0.1) is 6.92 Å². The first kappa shape index (κ1) is 19.4. The van der Waals surface area contributed by atoms with Gasteiger partial charge in [-0.25, -0.2) is 4.79 Å². The van der Waals surface area contributed by atoms with E-state index in [9.17, 15) is 14.7 Å². The third-order valence-corrected chi connectivity index (χ3v) is 5.25. The van der Waals surface area contributed by atoms with Crippen molar-refractivity contribution in [2.45, 2.75) is 33.0 Å². The van der Waals surface area contributed by atoms with Crippen molar-refractivity contribution in [2.24, 2.45) is 7.05 Å². The van der Waals surface area contributed by atoms with Gasteiger partial charge in [0, 0.05) is 19.3 Å². The van der Waals surface area contributed by atoms with Gasteiger partial charge in [0.15, 0.2) is 11.2 Å². The van der Waals surface area contributed by atoms with E-state index in [1.807, 2.05) is 43.0 Å². The molecule has 3 aromatic rings. The Kier molecular flexibility index (Phi) is 5.01. The fourth-order valence-electron chi connectivity index (χ4n) is 3.74. The Morgan fingerprint density at radius 2 is 1.93 bits per heavy atom. The zero-order chi connectivity index (χ0) is 20.7. The van der Waals surface area contributed by atoms with Gasteiger partial charge in [0.05, 0.1) is 32.3 Å². The maximum absolute atomic E-state index is 13.2. The molecule has 9 heteroatoms. The van der Waals surface area contributed by atoms with Gasteiger partial charge in [-0.15, -0.1) is 0 Å². The Morgan fingerprint density at radius 1 is 1.21 bits per heavy atom. The van der Waals surface area contributed by atoms with E-state index in [-0.39, 0.29) is 19.7 Å². The normalized spacial score (nSPS) is 16.4. The van der Waals surface area contributed by atoms with Crippen molar-refractivity contribution in [3.8, 4) is 0 Å². The second-order valence-corrected chi connectivity index (χ2v) is 7.29. The molecule has 0 spiro atoms. The summed E-state index contributed by atoms with van der Waals surface area (Å²) in [5.74, 6) is 0.545. The van der Waals surface area contributed by atoms with E-state index in [4.69, 9.17) is 4.74 Å². The lowest BCUT2D eigenvalue weighted by atomic mass is 10.2. The van der Waals surface area contributed by atoms with Gasteiger partial charge in [0.2, 0.25) is 5.95 Å². The van der Waals surface area contributed by atoms with E-state index in [1.54, 1.807) is 11.6 Å². The van der Waals surface area contributed by atoms with Gasteiger partial charge in [-0.1, -0.05) is 17.7 Å². The van der Waals surface area contributed by atoms with Crippen molar-refractivity contribution < 1.29 is 9.84 Å². The van der Waals surface area contributed by atoms with Gasteiger partial charge in [0.25, 0.3) is 5.56 Å². The number of hydrogen-bond acceptors (Lipinski definition) is 6. The van der Waals surface area contributed by atoms with Crippen molar-refractivity contribution in [2.75, 3.05) is 24.7 Å². The van der Waals surface area contributed by atoms with E-state index >= 15 is 0 Å². The molecule has 0 radical (unpaired) electrons. The molecule has 1 aliphatic heterocycles. The topological polar surface area (TPSA) is 94.5 Å². The molecule has 0 saturated heterocycles. The number of rotatable bonds is 5. The number of fused-ring (bicyclic) bond motifs is 3. The summed E-state index contributed by atoms with van der Waals surface area (Å²) in [4.78, 5) is 32.4. The maximum Gasteiger partial charge on any atom is 0.332 e. The minimum atomic E-state index is -0.672. The lowest BCUT2D eigenvalue weighted by molar-refractivity contribution is 0.137. The van der Waals surface area contributed by atoms with Crippen LogP contribution in [0.1, 0.15) is 12.5 Å². The van der Waals surface area contributed by atoms with Crippen LogP contribution in [-0.2, 0) is 24.9 Å². The van der Waals surface area contributed by atoms with E-state index in [2.05, 4.69) is 4.98 Å². The van der Waals surface area contributed by atoms with Crippen molar-refractivity contribution in [1.29, 1.82) is 0 Å². The standard InChI is InChI=1S/C20H25N5O4/c1-4-29-10-9-23-18(27)16-17(22(3)20(23)28)21-19-24(11-15(26)12-25(16)19)14-7-5-13(2)6-8-14/h5-8,15,26H,4,9-12H2,1-3H3. The Labute approximate surface area is 167 Å². The number of aliphatic hydroxyl groups excluding tert-OH is 1.